The minimum absolute atomic E-state index is 0.164. The van der Waals surface area contributed by atoms with E-state index in [1.807, 2.05) is 12.1 Å². The Morgan fingerprint density at radius 2 is 1.88 bits per heavy atom. The number of unbranched alkanes of at least 4 members (excludes halogenated alkanes) is 1. The molecule has 2 N–H and O–H groups in total. The summed E-state index contributed by atoms with van der Waals surface area (Å²) in [7, 11) is -3.82. The number of hydrogen-bond donors (Lipinski definition) is 2. The smallest absolute Gasteiger partial charge is 0.291 e. The van der Waals surface area contributed by atoms with Gasteiger partial charge in [-0.25, -0.2) is 0 Å². The highest BCUT2D eigenvalue weighted by atomic mass is 32.2. The van der Waals surface area contributed by atoms with Gasteiger partial charge in [-0.1, -0.05) is 43.7 Å². The molecule has 9 heteroatoms. The van der Waals surface area contributed by atoms with Gasteiger partial charge in [0.2, 0.25) is 11.0 Å². The lowest BCUT2D eigenvalue weighted by molar-refractivity contribution is -0.115. The first kappa shape index (κ1) is 18.3. The third kappa shape index (κ3) is 5.00. The maximum atomic E-state index is 12.3. The summed E-state index contributed by atoms with van der Waals surface area (Å²) in [5.74, 6) is -0.245. The molecule has 0 aliphatic rings. The van der Waals surface area contributed by atoms with Crippen LogP contribution in [0.15, 0.2) is 28.6 Å². The van der Waals surface area contributed by atoms with Gasteiger partial charge in [-0.3, -0.25) is 9.52 Å². The van der Waals surface area contributed by atoms with Gasteiger partial charge in [-0.2, -0.15) is 8.42 Å². The summed E-state index contributed by atoms with van der Waals surface area (Å²) in [5, 5.41) is 9.96. The predicted molar refractivity (Wildman–Crippen MR) is 94.7 cm³/mol. The monoisotopic (exact) mass is 368 g/mol. The number of rotatable bonds is 8. The Labute approximate surface area is 145 Å². The molecule has 0 unspecified atom stereocenters. The molecule has 0 bridgehead atoms. The number of aromatic nitrogens is 2. The Hall–Kier alpha value is -2.00. The number of carbonyl (C=O) groups is 1. The van der Waals surface area contributed by atoms with E-state index < -0.39 is 10.0 Å². The molecule has 0 fully saturated rings. The molecule has 0 saturated heterocycles. The molecule has 24 heavy (non-hydrogen) atoms. The van der Waals surface area contributed by atoms with Crippen LogP contribution in [0.3, 0.4) is 0 Å². The predicted octanol–water partition coefficient (Wildman–Crippen LogP) is 3.03. The van der Waals surface area contributed by atoms with Crippen LogP contribution >= 0.6 is 11.3 Å². The van der Waals surface area contributed by atoms with Crippen molar-refractivity contribution >= 4 is 38.1 Å². The topological polar surface area (TPSA) is 101 Å². The molecule has 7 nitrogen and oxygen atoms in total. The minimum atomic E-state index is -3.82. The molecule has 0 atom stereocenters. The number of anilines is 2. The van der Waals surface area contributed by atoms with E-state index in [1.165, 1.54) is 5.56 Å². The Kier molecular flexibility index (Phi) is 6.27. The first-order valence-electron chi connectivity index (χ1n) is 7.69. The fraction of sp³-hybridized carbons (Fsp3) is 0.400. The summed E-state index contributed by atoms with van der Waals surface area (Å²) in [6.07, 6.45) is 3.47. The second-order valence-electron chi connectivity index (χ2n) is 5.18. The molecule has 2 aromatic rings. The number of benzene rings is 1. The van der Waals surface area contributed by atoms with Crippen LogP contribution in [0, 0.1) is 0 Å². The van der Waals surface area contributed by atoms with Gasteiger partial charge >= 0.3 is 0 Å². The van der Waals surface area contributed by atoms with Crippen molar-refractivity contribution in [1.29, 1.82) is 0 Å². The summed E-state index contributed by atoms with van der Waals surface area (Å²) in [4.78, 5) is 11.3. The maximum Gasteiger partial charge on any atom is 0.291 e. The second-order valence-corrected chi connectivity index (χ2v) is 8.01. The van der Waals surface area contributed by atoms with Crippen molar-refractivity contribution in [3.05, 3.63) is 29.8 Å². The average molecular weight is 368 g/mol. The Morgan fingerprint density at radius 3 is 2.50 bits per heavy atom. The molecule has 0 radical (unpaired) electrons. The van der Waals surface area contributed by atoms with Crippen LogP contribution in [-0.2, 0) is 21.2 Å². The average Bonchev–Trinajstić information content (AvgIpc) is 3.03. The molecule has 1 aromatic heterocycles. The van der Waals surface area contributed by atoms with Crippen molar-refractivity contribution in [3.63, 3.8) is 0 Å². The molecule has 130 valence electrons. The lowest BCUT2D eigenvalue weighted by Gasteiger charge is -2.06. The molecular weight excluding hydrogens is 348 g/mol. The van der Waals surface area contributed by atoms with E-state index in [-0.39, 0.29) is 21.8 Å². The Bertz CT molecular complexity index is 785. The summed E-state index contributed by atoms with van der Waals surface area (Å²) in [5.41, 5.74) is 1.63. The van der Waals surface area contributed by atoms with Crippen molar-refractivity contribution in [1.82, 2.24) is 10.2 Å². The minimum Gasteiger partial charge on any atom is -0.301 e. The SMILES string of the molecule is CCCCc1ccc(NS(=O)(=O)c2nnc(NC(=O)CC)s2)cc1. The van der Waals surface area contributed by atoms with Crippen LogP contribution in [0.25, 0.3) is 0 Å². The third-order valence-corrected chi connectivity index (χ3v) is 5.82. The van der Waals surface area contributed by atoms with Gasteiger partial charge in [0.05, 0.1) is 0 Å². The molecule has 0 aliphatic carbocycles. The second kappa shape index (κ2) is 8.20. The quantitative estimate of drug-likeness (QED) is 0.698. The van der Waals surface area contributed by atoms with E-state index in [9.17, 15) is 13.2 Å². The normalized spacial score (nSPS) is 11.2. The molecule has 0 aliphatic heterocycles. The number of aryl methyl sites for hydroxylation is 1. The van der Waals surface area contributed by atoms with Gasteiger partial charge < -0.3 is 5.32 Å². The van der Waals surface area contributed by atoms with Gasteiger partial charge in [-0.05, 0) is 30.5 Å². The zero-order valence-corrected chi connectivity index (χ0v) is 15.2. The fourth-order valence-electron chi connectivity index (χ4n) is 1.90. The summed E-state index contributed by atoms with van der Waals surface area (Å²) in [6, 6.07) is 7.26. The van der Waals surface area contributed by atoms with Crippen molar-refractivity contribution in [2.45, 2.75) is 43.9 Å². The molecule has 2 rings (SSSR count). The van der Waals surface area contributed by atoms with Crippen LogP contribution in [-0.4, -0.2) is 24.5 Å². The first-order chi connectivity index (χ1) is 11.4. The van der Waals surface area contributed by atoms with Crippen molar-refractivity contribution < 1.29 is 13.2 Å². The van der Waals surface area contributed by atoms with E-state index >= 15 is 0 Å². The zero-order chi connectivity index (χ0) is 17.6. The highest BCUT2D eigenvalue weighted by Gasteiger charge is 2.21. The maximum absolute atomic E-state index is 12.3. The molecule has 0 saturated carbocycles. The Morgan fingerprint density at radius 1 is 1.17 bits per heavy atom. The van der Waals surface area contributed by atoms with Crippen LogP contribution in [0.1, 0.15) is 38.7 Å². The van der Waals surface area contributed by atoms with Gasteiger partial charge in [-0.15, -0.1) is 10.2 Å². The van der Waals surface area contributed by atoms with Crippen LogP contribution in [0.2, 0.25) is 0 Å². The van der Waals surface area contributed by atoms with Gasteiger partial charge in [0.15, 0.2) is 0 Å². The van der Waals surface area contributed by atoms with Crippen LogP contribution in [0.5, 0.6) is 0 Å². The molecule has 1 aromatic carbocycles. The molecular formula is C15H20N4O3S2. The Balaban J connectivity index is 2.06. The van der Waals surface area contributed by atoms with Crippen molar-refractivity contribution in [2.24, 2.45) is 0 Å². The largest absolute Gasteiger partial charge is 0.301 e. The van der Waals surface area contributed by atoms with Crippen LogP contribution < -0.4 is 10.0 Å². The molecule has 1 amide bonds. The van der Waals surface area contributed by atoms with E-state index in [1.54, 1.807) is 19.1 Å². The van der Waals surface area contributed by atoms with Crippen molar-refractivity contribution in [3.8, 4) is 0 Å². The molecule has 1 heterocycles. The number of hydrogen-bond acceptors (Lipinski definition) is 6. The lowest BCUT2D eigenvalue weighted by Crippen LogP contribution is -2.12. The van der Waals surface area contributed by atoms with Gasteiger partial charge in [0, 0.05) is 12.1 Å². The number of nitrogens with one attached hydrogen (secondary N) is 2. The van der Waals surface area contributed by atoms with Crippen LogP contribution in [0.4, 0.5) is 10.8 Å². The highest BCUT2D eigenvalue weighted by Crippen LogP contribution is 2.23. The standard InChI is InChI=1S/C15H20N4O3S2/c1-3-5-6-11-7-9-12(10-8-11)19-24(21,22)15-18-17-14(23-15)16-13(20)4-2/h7-10,19H,3-6H2,1-2H3,(H,16,17,20). The number of nitrogens with zero attached hydrogens (tertiary/aromatic N) is 2. The summed E-state index contributed by atoms with van der Waals surface area (Å²) < 4.78 is 26.9. The van der Waals surface area contributed by atoms with Gasteiger partial charge in [0.25, 0.3) is 14.4 Å². The van der Waals surface area contributed by atoms with E-state index in [2.05, 4.69) is 27.2 Å². The van der Waals surface area contributed by atoms with E-state index in [4.69, 9.17) is 0 Å². The number of carbonyl (C=O) groups excluding carboxylic acids is 1. The summed E-state index contributed by atoms with van der Waals surface area (Å²) in [6.45, 7) is 3.82. The number of amides is 1. The van der Waals surface area contributed by atoms with E-state index in [0.29, 0.717) is 5.69 Å². The van der Waals surface area contributed by atoms with Gasteiger partial charge in [0.1, 0.15) is 0 Å². The third-order valence-electron chi connectivity index (χ3n) is 3.23. The van der Waals surface area contributed by atoms with E-state index in [0.717, 1.165) is 30.6 Å². The fourth-order valence-corrected chi connectivity index (χ4v) is 3.87. The zero-order valence-electron chi connectivity index (χ0n) is 13.6. The molecule has 0 spiro atoms. The first-order valence-corrected chi connectivity index (χ1v) is 9.99. The highest BCUT2D eigenvalue weighted by molar-refractivity contribution is 7.94. The van der Waals surface area contributed by atoms with Crippen molar-refractivity contribution in [2.75, 3.05) is 10.0 Å². The number of sulfonamides is 1. The summed E-state index contributed by atoms with van der Waals surface area (Å²) >= 11 is 0.812. The lowest BCUT2D eigenvalue weighted by atomic mass is 10.1.